The van der Waals surface area contributed by atoms with Crippen LogP contribution in [0.2, 0.25) is 10.0 Å². The molecule has 0 fully saturated rings. The maximum atomic E-state index is 13.6. The maximum Gasteiger partial charge on any atom is 0.407 e. The van der Waals surface area contributed by atoms with Gasteiger partial charge in [0.2, 0.25) is 0 Å². The minimum absolute atomic E-state index is 0.0560. The van der Waals surface area contributed by atoms with Crippen LogP contribution in [0.1, 0.15) is 22.6 Å². The summed E-state index contributed by atoms with van der Waals surface area (Å²) in [7, 11) is 0. The fourth-order valence-corrected chi connectivity index (χ4v) is 4.48. The van der Waals surface area contributed by atoms with Gasteiger partial charge in [-0.25, -0.2) is 14.0 Å². The third kappa shape index (κ3) is 4.42. The first-order chi connectivity index (χ1) is 15.3. The number of ether oxygens (including phenoxy) is 1. The summed E-state index contributed by atoms with van der Waals surface area (Å²) in [5.74, 6) is -2.20. The number of rotatable bonds is 6. The van der Waals surface area contributed by atoms with Crippen molar-refractivity contribution < 1.29 is 23.8 Å². The van der Waals surface area contributed by atoms with Crippen LogP contribution >= 0.6 is 23.2 Å². The van der Waals surface area contributed by atoms with Gasteiger partial charge >= 0.3 is 12.1 Å². The van der Waals surface area contributed by atoms with E-state index in [1.54, 1.807) is 0 Å². The molecule has 4 rings (SSSR count). The molecule has 5 nitrogen and oxygen atoms in total. The van der Waals surface area contributed by atoms with Gasteiger partial charge < -0.3 is 15.2 Å². The lowest BCUT2D eigenvalue weighted by atomic mass is 9.98. The van der Waals surface area contributed by atoms with E-state index < -0.39 is 23.9 Å². The fourth-order valence-electron chi connectivity index (χ4n) is 3.94. The van der Waals surface area contributed by atoms with Gasteiger partial charge in [-0.2, -0.15) is 0 Å². The number of alkyl carbamates (subject to hydrolysis) is 1. The van der Waals surface area contributed by atoms with Crippen LogP contribution in [0.5, 0.6) is 0 Å². The highest BCUT2D eigenvalue weighted by molar-refractivity contribution is 6.35. The molecule has 1 unspecified atom stereocenters. The molecule has 0 aromatic heterocycles. The standard InChI is InChI=1S/C24H18Cl2FNO4/c25-19-9-13(10-20(26)22(19)27)11-21(23(29)30)28-24(31)32-12-18-16-7-3-1-5-14(16)15-6-2-4-8-17(15)18/h1-10,18,21H,11-12H2,(H,28,31)(H,29,30). The van der Waals surface area contributed by atoms with Gasteiger partial charge in [-0.1, -0.05) is 71.7 Å². The van der Waals surface area contributed by atoms with Gasteiger partial charge in [-0.15, -0.1) is 0 Å². The first-order valence-corrected chi connectivity index (χ1v) is 10.6. The van der Waals surface area contributed by atoms with E-state index in [4.69, 9.17) is 27.9 Å². The SMILES string of the molecule is O=C(NC(Cc1cc(Cl)c(F)c(Cl)c1)C(=O)O)OCC1c2ccccc2-c2ccccc21. The van der Waals surface area contributed by atoms with Crippen LogP contribution in [0.3, 0.4) is 0 Å². The van der Waals surface area contributed by atoms with Crippen molar-refractivity contribution in [2.45, 2.75) is 18.4 Å². The molecular formula is C24H18Cl2FNO4. The Kier molecular flexibility index (Phi) is 6.35. The van der Waals surface area contributed by atoms with Crippen LogP contribution in [0.25, 0.3) is 11.1 Å². The summed E-state index contributed by atoms with van der Waals surface area (Å²) >= 11 is 11.5. The van der Waals surface area contributed by atoms with E-state index in [1.165, 1.54) is 12.1 Å². The number of carboxylic acids is 1. The topological polar surface area (TPSA) is 75.6 Å². The van der Waals surface area contributed by atoms with E-state index in [9.17, 15) is 19.1 Å². The number of hydrogen-bond acceptors (Lipinski definition) is 3. The molecule has 3 aromatic rings. The minimum atomic E-state index is -1.30. The summed E-state index contributed by atoms with van der Waals surface area (Å²) in [6.45, 7) is 0.0560. The van der Waals surface area contributed by atoms with Crippen molar-refractivity contribution in [3.8, 4) is 11.1 Å². The molecule has 0 heterocycles. The van der Waals surface area contributed by atoms with Gasteiger partial charge in [0.25, 0.3) is 0 Å². The molecule has 1 atom stereocenters. The number of halogens is 3. The van der Waals surface area contributed by atoms with Crippen LogP contribution in [0.4, 0.5) is 9.18 Å². The second kappa shape index (κ2) is 9.18. The Bertz CT molecular complexity index is 1130. The summed E-state index contributed by atoms with van der Waals surface area (Å²) in [4.78, 5) is 24.1. The predicted molar refractivity (Wildman–Crippen MR) is 120 cm³/mol. The molecule has 1 aliphatic rings. The molecule has 0 bridgehead atoms. The number of hydrogen-bond donors (Lipinski definition) is 2. The molecule has 0 radical (unpaired) electrons. The lowest BCUT2D eigenvalue weighted by molar-refractivity contribution is -0.139. The van der Waals surface area contributed by atoms with E-state index in [1.807, 2.05) is 48.5 Å². The van der Waals surface area contributed by atoms with Crippen molar-refractivity contribution in [3.05, 3.63) is 93.2 Å². The van der Waals surface area contributed by atoms with Crippen molar-refractivity contribution in [3.63, 3.8) is 0 Å². The van der Waals surface area contributed by atoms with Crippen molar-refractivity contribution >= 4 is 35.3 Å². The Labute approximate surface area is 193 Å². The quantitative estimate of drug-likeness (QED) is 0.452. The minimum Gasteiger partial charge on any atom is -0.480 e. The summed E-state index contributed by atoms with van der Waals surface area (Å²) in [5.41, 5.74) is 4.64. The lowest BCUT2D eigenvalue weighted by Crippen LogP contribution is -2.42. The molecule has 0 saturated heterocycles. The zero-order valence-electron chi connectivity index (χ0n) is 16.6. The Morgan fingerprint density at radius 1 is 1.00 bits per heavy atom. The molecule has 1 amide bonds. The van der Waals surface area contributed by atoms with Crippen LogP contribution < -0.4 is 5.32 Å². The normalized spacial score (nSPS) is 13.2. The number of carbonyl (C=O) groups is 2. The van der Waals surface area contributed by atoms with Crippen molar-refractivity contribution in [1.82, 2.24) is 5.32 Å². The first kappa shape index (κ1) is 22.1. The number of carboxylic acid groups (broad SMARTS) is 1. The molecule has 3 aromatic carbocycles. The van der Waals surface area contributed by atoms with Crippen molar-refractivity contribution in [2.75, 3.05) is 6.61 Å². The molecular weight excluding hydrogens is 456 g/mol. The monoisotopic (exact) mass is 473 g/mol. The zero-order valence-corrected chi connectivity index (χ0v) is 18.2. The largest absolute Gasteiger partial charge is 0.480 e. The second-order valence-corrected chi connectivity index (χ2v) is 8.25. The van der Waals surface area contributed by atoms with Crippen LogP contribution in [0.15, 0.2) is 60.7 Å². The van der Waals surface area contributed by atoms with E-state index in [2.05, 4.69) is 5.32 Å². The van der Waals surface area contributed by atoms with Gasteiger partial charge in [-0.05, 0) is 39.9 Å². The second-order valence-electron chi connectivity index (χ2n) is 7.44. The molecule has 2 N–H and O–H groups in total. The zero-order chi connectivity index (χ0) is 22.8. The number of benzene rings is 3. The van der Waals surface area contributed by atoms with Crippen LogP contribution in [-0.2, 0) is 16.0 Å². The molecule has 32 heavy (non-hydrogen) atoms. The van der Waals surface area contributed by atoms with E-state index in [-0.39, 0.29) is 29.0 Å². The molecule has 0 spiro atoms. The Morgan fingerprint density at radius 2 is 1.53 bits per heavy atom. The van der Waals surface area contributed by atoms with Gasteiger partial charge in [0.1, 0.15) is 12.6 Å². The Balaban J connectivity index is 1.44. The number of aliphatic carboxylic acids is 1. The Morgan fingerprint density at radius 3 is 2.06 bits per heavy atom. The average molecular weight is 474 g/mol. The van der Waals surface area contributed by atoms with Crippen LogP contribution in [0, 0.1) is 5.82 Å². The van der Waals surface area contributed by atoms with E-state index in [0.29, 0.717) is 5.56 Å². The van der Waals surface area contributed by atoms with Gasteiger partial charge in [-0.3, -0.25) is 0 Å². The van der Waals surface area contributed by atoms with Crippen molar-refractivity contribution in [1.29, 1.82) is 0 Å². The third-order valence-corrected chi connectivity index (χ3v) is 5.97. The first-order valence-electron chi connectivity index (χ1n) is 9.83. The number of amides is 1. The number of carbonyl (C=O) groups excluding carboxylic acids is 1. The van der Waals surface area contributed by atoms with E-state index >= 15 is 0 Å². The smallest absolute Gasteiger partial charge is 0.407 e. The van der Waals surface area contributed by atoms with Gasteiger partial charge in [0, 0.05) is 12.3 Å². The summed E-state index contributed by atoms with van der Waals surface area (Å²) in [6, 6.07) is 17.0. The summed E-state index contributed by atoms with van der Waals surface area (Å²) in [5, 5.41) is 11.4. The summed E-state index contributed by atoms with van der Waals surface area (Å²) < 4.78 is 19.0. The van der Waals surface area contributed by atoms with Gasteiger partial charge in [0.05, 0.1) is 10.0 Å². The fraction of sp³-hybridized carbons (Fsp3) is 0.167. The molecule has 8 heteroatoms. The number of fused-ring (bicyclic) bond motifs is 3. The van der Waals surface area contributed by atoms with Gasteiger partial charge in [0.15, 0.2) is 5.82 Å². The highest BCUT2D eigenvalue weighted by Crippen LogP contribution is 2.44. The predicted octanol–water partition coefficient (Wildman–Crippen LogP) is 5.67. The van der Waals surface area contributed by atoms with Crippen LogP contribution in [-0.4, -0.2) is 29.8 Å². The molecule has 0 aliphatic heterocycles. The summed E-state index contributed by atoms with van der Waals surface area (Å²) in [6.07, 6.45) is -1.00. The lowest BCUT2D eigenvalue weighted by Gasteiger charge is -2.18. The highest BCUT2D eigenvalue weighted by Gasteiger charge is 2.30. The molecule has 0 saturated carbocycles. The molecule has 1 aliphatic carbocycles. The number of nitrogens with one attached hydrogen (secondary N) is 1. The highest BCUT2D eigenvalue weighted by atomic mass is 35.5. The van der Waals surface area contributed by atoms with E-state index in [0.717, 1.165) is 22.3 Å². The Hall–Kier alpha value is -3.09. The third-order valence-electron chi connectivity index (χ3n) is 5.42. The maximum absolute atomic E-state index is 13.6. The van der Waals surface area contributed by atoms with Crippen molar-refractivity contribution in [2.24, 2.45) is 0 Å². The molecule has 164 valence electrons. The average Bonchev–Trinajstić information content (AvgIpc) is 3.09.